The number of ether oxygens (including phenoxy) is 2. The Balaban J connectivity index is 1.84. The highest BCUT2D eigenvalue weighted by Crippen LogP contribution is 2.15. The van der Waals surface area contributed by atoms with Crippen LogP contribution in [-0.4, -0.2) is 73.3 Å². The number of carbonyl (C=O) groups is 6. The number of nitrogens with zero attached hydrogens (tertiary/aromatic N) is 2. The molecule has 10 heteroatoms. The molecule has 10 nitrogen and oxygen atoms in total. The van der Waals surface area contributed by atoms with E-state index in [0.717, 1.165) is 12.2 Å². The molecule has 2 aromatic rings. The number of hydrogen-bond acceptors (Lipinski definition) is 8. The van der Waals surface area contributed by atoms with Gasteiger partial charge in [0.15, 0.2) is 0 Å². The molecule has 0 aliphatic carbocycles. The second-order valence-corrected chi connectivity index (χ2v) is 8.06. The van der Waals surface area contributed by atoms with Gasteiger partial charge in [0.2, 0.25) is 11.6 Å². The Morgan fingerprint density at radius 1 is 0.583 bits per heavy atom. The summed E-state index contributed by atoms with van der Waals surface area (Å²) in [5.41, 5.74) is 1.16. The highest BCUT2D eigenvalue weighted by molar-refractivity contribution is 6.36. The summed E-state index contributed by atoms with van der Waals surface area (Å²) in [6, 6.07) is 12.1. The van der Waals surface area contributed by atoms with Gasteiger partial charge in [-0.05, 0) is 35.4 Å². The maximum Gasteiger partial charge on any atom is 0.336 e. The fourth-order valence-corrected chi connectivity index (χ4v) is 2.81. The second-order valence-electron chi connectivity index (χ2n) is 8.06. The van der Waals surface area contributed by atoms with Crippen molar-refractivity contribution < 1.29 is 38.2 Å². The van der Waals surface area contributed by atoms with Gasteiger partial charge >= 0.3 is 11.9 Å². The average Bonchev–Trinajstić information content (AvgIpc) is 2.84. The van der Waals surface area contributed by atoms with E-state index in [1.165, 1.54) is 62.3 Å². The molecule has 0 unspecified atom stereocenters. The molecule has 0 fully saturated rings. The van der Waals surface area contributed by atoms with Crippen LogP contribution >= 0.6 is 0 Å². The Kier molecular flexibility index (Phi) is 9.79. The molecule has 0 N–H and O–H groups in total. The van der Waals surface area contributed by atoms with Crippen molar-refractivity contribution in [3.63, 3.8) is 0 Å². The van der Waals surface area contributed by atoms with Crippen molar-refractivity contribution in [2.75, 3.05) is 28.2 Å². The Morgan fingerprint density at radius 2 is 0.889 bits per heavy atom. The Hall–Kier alpha value is -4.60. The van der Waals surface area contributed by atoms with Crippen LogP contribution in [0.5, 0.6) is 11.5 Å². The van der Waals surface area contributed by atoms with Crippen LogP contribution in [0, 0.1) is 0 Å². The zero-order chi connectivity index (χ0) is 26.8. The second kappa shape index (κ2) is 12.7. The molecule has 0 aliphatic rings. The molecular weight excluding hydrogens is 468 g/mol. The first kappa shape index (κ1) is 27.6. The number of likely N-dealkylation sites (N-methyl/N-ethyl adjacent to an activating group) is 2. The highest BCUT2D eigenvalue weighted by atomic mass is 16.5. The molecule has 0 aliphatic heterocycles. The number of esters is 2. The fraction of sp³-hybridized carbons (Fsp3) is 0.231. The van der Waals surface area contributed by atoms with Crippen molar-refractivity contribution in [2.45, 2.75) is 12.8 Å². The molecule has 0 aromatic heterocycles. The zero-order valence-electron chi connectivity index (χ0n) is 20.3. The monoisotopic (exact) mass is 494 g/mol. The maximum absolute atomic E-state index is 12.0. The standard InChI is InChI=1S/C26H26N2O8/c1-27(2)25(33)21(29)15-17-5-9-19(10-6-17)35-23(31)13-14-24(32)36-20-11-7-18(8-12-20)16-22(30)26(34)28(3)4/h5-14H,15-16H2,1-4H3/b14-13+. The number of benzene rings is 2. The maximum atomic E-state index is 12.0. The van der Waals surface area contributed by atoms with Gasteiger partial charge in [-0.2, -0.15) is 0 Å². The van der Waals surface area contributed by atoms with Crippen molar-refractivity contribution in [2.24, 2.45) is 0 Å². The van der Waals surface area contributed by atoms with Gasteiger partial charge in [-0.15, -0.1) is 0 Å². The van der Waals surface area contributed by atoms with E-state index in [2.05, 4.69) is 0 Å². The SMILES string of the molecule is CN(C)C(=O)C(=O)Cc1ccc(OC(=O)/C=C/C(=O)Oc2ccc(CC(=O)C(=O)N(C)C)cc2)cc1. The molecule has 2 aromatic carbocycles. The van der Waals surface area contributed by atoms with E-state index in [0.29, 0.717) is 11.1 Å². The van der Waals surface area contributed by atoms with Crippen LogP contribution in [0.15, 0.2) is 60.7 Å². The van der Waals surface area contributed by atoms with Crippen LogP contribution in [0.2, 0.25) is 0 Å². The van der Waals surface area contributed by atoms with Gasteiger partial charge in [-0.3, -0.25) is 19.2 Å². The van der Waals surface area contributed by atoms with E-state index in [4.69, 9.17) is 9.47 Å². The summed E-state index contributed by atoms with van der Waals surface area (Å²) in [6.07, 6.45) is 1.63. The zero-order valence-corrected chi connectivity index (χ0v) is 20.3. The first-order chi connectivity index (χ1) is 17.0. The Morgan fingerprint density at radius 3 is 1.17 bits per heavy atom. The summed E-state index contributed by atoms with van der Waals surface area (Å²) in [6.45, 7) is 0. The third kappa shape index (κ3) is 8.64. The highest BCUT2D eigenvalue weighted by Gasteiger charge is 2.17. The van der Waals surface area contributed by atoms with Crippen molar-refractivity contribution in [3.05, 3.63) is 71.8 Å². The summed E-state index contributed by atoms with van der Waals surface area (Å²) in [4.78, 5) is 73.3. The van der Waals surface area contributed by atoms with Crippen LogP contribution in [0.3, 0.4) is 0 Å². The quantitative estimate of drug-likeness (QED) is 0.208. The Labute approximate surface area is 208 Å². The molecular formula is C26H26N2O8. The number of amides is 2. The summed E-state index contributed by atoms with van der Waals surface area (Å²) < 4.78 is 10.2. The van der Waals surface area contributed by atoms with Gasteiger partial charge in [-0.25, -0.2) is 9.59 Å². The lowest BCUT2D eigenvalue weighted by molar-refractivity contribution is -0.142. The Bertz CT molecular complexity index is 1090. The molecule has 0 heterocycles. The van der Waals surface area contributed by atoms with Crippen molar-refractivity contribution in [1.82, 2.24) is 9.80 Å². The molecule has 0 saturated carbocycles. The molecule has 0 atom stereocenters. The van der Waals surface area contributed by atoms with Gasteiger partial charge in [0.1, 0.15) is 11.5 Å². The van der Waals surface area contributed by atoms with Crippen LogP contribution in [0.25, 0.3) is 0 Å². The number of carbonyl (C=O) groups excluding carboxylic acids is 6. The first-order valence-corrected chi connectivity index (χ1v) is 10.7. The largest absolute Gasteiger partial charge is 0.423 e. The number of hydrogen-bond donors (Lipinski definition) is 0. The lowest BCUT2D eigenvalue weighted by atomic mass is 10.1. The van der Waals surface area contributed by atoms with Crippen molar-refractivity contribution in [1.29, 1.82) is 0 Å². The molecule has 0 spiro atoms. The minimum absolute atomic E-state index is 0.0809. The molecule has 0 radical (unpaired) electrons. The predicted octanol–water partition coefficient (Wildman–Crippen LogP) is 1.15. The van der Waals surface area contributed by atoms with Gasteiger partial charge in [0.05, 0.1) is 0 Å². The lowest BCUT2D eigenvalue weighted by Crippen LogP contribution is -2.30. The van der Waals surface area contributed by atoms with Crippen LogP contribution < -0.4 is 9.47 Å². The summed E-state index contributed by atoms with van der Waals surface area (Å²) in [7, 11) is 5.96. The molecule has 2 rings (SSSR count). The number of Topliss-reactive ketones (excluding diaryl/α,β-unsaturated/α-hetero) is 2. The van der Waals surface area contributed by atoms with Crippen molar-refractivity contribution >= 4 is 35.3 Å². The van der Waals surface area contributed by atoms with E-state index < -0.39 is 35.3 Å². The van der Waals surface area contributed by atoms with Gasteiger partial charge in [0, 0.05) is 53.2 Å². The topological polar surface area (TPSA) is 127 Å². The van der Waals surface area contributed by atoms with E-state index in [1.54, 1.807) is 24.3 Å². The molecule has 36 heavy (non-hydrogen) atoms. The van der Waals surface area contributed by atoms with Gasteiger partial charge < -0.3 is 19.3 Å². The smallest absolute Gasteiger partial charge is 0.336 e. The summed E-state index contributed by atoms with van der Waals surface area (Å²) >= 11 is 0. The third-order valence-corrected chi connectivity index (χ3v) is 4.66. The van der Waals surface area contributed by atoms with Gasteiger partial charge in [0.25, 0.3) is 11.8 Å². The molecule has 188 valence electrons. The van der Waals surface area contributed by atoms with E-state index in [-0.39, 0.29) is 24.3 Å². The molecule has 2 amide bonds. The molecule has 0 saturated heterocycles. The van der Waals surface area contributed by atoms with Crippen LogP contribution in [0.4, 0.5) is 0 Å². The summed E-state index contributed by atoms with van der Waals surface area (Å²) in [5.74, 6) is -3.61. The lowest BCUT2D eigenvalue weighted by Gasteiger charge is -2.09. The van der Waals surface area contributed by atoms with Crippen LogP contribution in [-0.2, 0) is 41.6 Å². The average molecular weight is 495 g/mol. The van der Waals surface area contributed by atoms with E-state index in [1.807, 2.05) is 0 Å². The van der Waals surface area contributed by atoms with Crippen molar-refractivity contribution in [3.8, 4) is 11.5 Å². The van der Waals surface area contributed by atoms with Gasteiger partial charge in [-0.1, -0.05) is 24.3 Å². The van der Waals surface area contributed by atoms with E-state index >= 15 is 0 Å². The third-order valence-electron chi connectivity index (χ3n) is 4.66. The fourth-order valence-electron chi connectivity index (χ4n) is 2.81. The molecule has 0 bridgehead atoms. The number of ketones is 2. The predicted molar refractivity (Wildman–Crippen MR) is 128 cm³/mol. The number of rotatable bonds is 10. The minimum Gasteiger partial charge on any atom is -0.423 e. The normalized spacial score (nSPS) is 10.4. The van der Waals surface area contributed by atoms with E-state index in [9.17, 15) is 28.8 Å². The van der Waals surface area contributed by atoms with Crippen LogP contribution in [0.1, 0.15) is 11.1 Å². The minimum atomic E-state index is -0.821. The first-order valence-electron chi connectivity index (χ1n) is 10.7. The summed E-state index contributed by atoms with van der Waals surface area (Å²) in [5, 5.41) is 0.